The van der Waals surface area contributed by atoms with Crippen molar-refractivity contribution in [1.82, 2.24) is 15.5 Å². The Bertz CT molecular complexity index is 731. The first kappa shape index (κ1) is 18.9. The summed E-state index contributed by atoms with van der Waals surface area (Å²) in [5, 5.41) is 5.72. The highest BCUT2D eigenvalue weighted by molar-refractivity contribution is 5.99. The summed E-state index contributed by atoms with van der Waals surface area (Å²) in [6.07, 6.45) is 3.35. The van der Waals surface area contributed by atoms with Gasteiger partial charge in [-0.05, 0) is 37.0 Å². The molecule has 1 saturated carbocycles. The predicted molar refractivity (Wildman–Crippen MR) is 99.9 cm³/mol. The van der Waals surface area contributed by atoms with Crippen LogP contribution in [0.5, 0.6) is 5.75 Å². The lowest BCUT2D eigenvalue weighted by Crippen LogP contribution is -2.61. The van der Waals surface area contributed by atoms with Crippen molar-refractivity contribution in [3.05, 3.63) is 42.5 Å². The molecule has 0 aromatic heterocycles. The van der Waals surface area contributed by atoms with Gasteiger partial charge < -0.3 is 15.4 Å². The molecule has 1 aromatic rings. The number of methoxy groups -OCH3 is 1. The van der Waals surface area contributed by atoms with Crippen molar-refractivity contribution in [2.24, 2.45) is 11.8 Å². The van der Waals surface area contributed by atoms with Gasteiger partial charge in [0.05, 0.1) is 19.6 Å². The van der Waals surface area contributed by atoms with Crippen LogP contribution >= 0.6 is 0 Å². The van der Waals surface area contributed by atoms with Crippen LogP contribution in [0, 0.1) is 11.8 Å². The molecule has 1 heterocycles. The smallest absolute Gasteiger partial charge is 0.324 e. The third-order valence-corrected chi connectivity index (χ3v) is 5.28. The summed E-state index contributed by atoms with van der Waals surface area (Å²) in [5.41, 5.74) is 0.857. The molecule has 7 nitrogen and oxygen atoms in total. The second-order valence-electron chi connectivity index (χ2n) is 6.98. The van der Waals surface area contributed by atoms with Gasteiger partial charge in [-0.15, -0.1) is 6.58 Å². The average molecular weight is 371 g/mol. The van der Waals surface area contributed by atoms with E-state index in [1.54, 1.807) is 25.3 Å². The van der Waals surface area contributed by atoms with Crippen molar-refractivity contribution in [3.8, 4) is 5.75 Å². The first-order chi connectivity index (χ1) is 13.0. The number of urea groups is 1. The molecule has 0 bridgehead atoms. The summed E-state index contributed by atoms with van der Waals surface area (Å²) in [4.78, 5) is 38.8. The summed E-state index contributed by atoms with van der Waals surface area (Å²) in [7, 11) is 1.59. The second kappa shape index (κ2) is 8.24. The van der Waals surface area contributed by atoms with Crippen molar-refractivity contribution < 1.29 is 19.1 Å². The Labute approximate surface area is 158 Å². The van der Waals surface area contributed by atoms with Crippen molar-refractivity contribution in [3.63, 3.8) is 0 Å². The topological polar surface area (TPSA) is 87.7 Å². The predicted octanol–water partition coefficient (Wildman–Crippen LogP) is 1.83. The Hall–Kier alpha value is -2.83. The molecule has 3 unspecified atom stereocenters. The number of nitrogens with one attached hydrogen (secondary N) is 2. The average Bonchev–Trinajstić information content (AvgIpc) is 2.69. The molecule has 3 rings (SSSR count). The molecule has 27 heavy (non-hydrogen) atoms. The van der Waals surface area contributed by atoms with Crippen LogP contribution in [0.2, 0.25) is 0 Å². The SMILES string of the molecule is C=CCNC(=O)C1CCC2C(=O)N(Cc3ccc(OC)cc3)C(=O)NC2C1. The zero-order valence-electron chi connectivity index (χ0n) is 15.4. The van der Waals surface area contributed by atoms with Gasteiger partial charge in [-0.3, -0.25) is 14.5 Å². The Morgan fingerprint density at radius 2 is 2.07 bits per heavy atom. The molecular weight excluding hydrogens is 346 g/mol. The van der Waals surface area contributed by atoms with E-state index in [9.17, 15) is 14.4 Å². The van der Waals surface area contributed by atoms with E-state index in [-0.39, 0.29) is 36.2 Å². The molecule has 2 N–H and O–H groups in total. The molecule has 2 aliphatic rings. The van der Waals surface area contributed by atoms with Crippen LogP contribution in [-0.2, 0) is 16.1 Å². The minimum Gasteiger partial charge on any atom is -0.497 e. The van der Waals surface area contributed by atoms with Gasteiger partial charge in [-0.2, -0.15) is 0 Å². The van der Waals surface area contributed by atoms with Crippen molar-refractivity contribution in [2.75, 3.05) is 13.7 Å². The lowest BCUT2D eigenvalue weighted by molar-refractivity contribution is -0.139. The number of rotatable bonds is 6. The van der Waals surface area contributed by atoms with Gasteiger partial charge >= 0.3 is 6.03 Å². The second-order valence-corrected chi connectivity index (χ2v) is 6.98. The molecule has 1 aliphatic heterocycles. The summed E-state index contributed by atoms with van der Waals surface area (Å²) >= 11 is 0. The molecule has 7 heteroatoms. The quantitative estimate of drug-likeness (QED) is 0.747. The monoisotopic (exact) mass is 371 g/mol. The zero-order chi connectivity index (χ0) is 19.4. The fourth-order valence-corrected chi connectivity index (χ4v) is 3.78. The van der Waals surface area contributed by atoms with Crippen LogP contribution in [0.15, 0.2) is 36.9 Å². The summed E-state index contributed by atoms with van der Waals surface area (Å²) in [5.74, 6) is 0.0540. The van der Waals surface area contributed by atoms with Gasteiger partial charge in [0.1, 0.15) is 5.75 Å². The third kappa shape index (κ3) is 4.13. The number of ether oxygens (including phenoxy) is 1. The number of carbonyl (C=O) groups is 3. The standard InChI is InChI=1S/C20H25N3O4/c1-3-10-21-18(24)14-6-9-16-17(11-14)22-20(26)23(19(16)25)12-13-4-7-15(27-2)8-5-13/h3-5,7-8,14,16-17H,1,6,9-12H2,2H3,(H,21,24)(H,22,26). The van der Waals surface area contributed by atoms with Crippen LogP contribution in [-0.4, -0.2) is 42.4 Å². The molecule has 3 atom stereocenters. The van der Waals surface area contributed by atoms with Gasteiger partial charge in [-0.1, -0.05) is 18.2 Å². The molecule has 2 fully saturated rings. The molecule has 1 aromatic carbocycles. The number of amides is 4. The van der Waals surface area contributed by atoms with E-state index in [1.807, 2.05) is 12.1 Å². The molecule has 4 amide bonds. The van der Waals surface area contributed by atoms with Crippen molar-refractivity contribution in [2.45, 2.75) is 31.8 Å². The maximum Gasteiger partial charge on any atom is 0.324 e. The third-order valence-electron chi connectivity index (χ3n) is 5.28. The van der Waals surface area contributed by atoms with Crippen LogP contribution in [0.3, 0.4) is 0 Å². The van der Waals surface area contributed by atoms with Gasteiger partial charge in [0, 0.05) is 18.5 Å². The largest absolute Gasteiger partial charge is 0.497 e. The Morgan fingerprint density at radius 1 is 1.33 bits per heavy atom. The highest BCUT2D eigenvalue weighted by Crippen LogP contribution is 2.33. The zero-order valence-corrected chi connectivity index (χ0v) is 15.4. The maximum atomic E-state index is 12.9. The first-order valence-electron chi connectivity index (χ1n) is 9.17. The number of hydrogen-bond acceptors (Lipinski definition) is 4. The van der Waals surface area contributed by atoms with E-state index >= 15 is 0 Å². The highest BCUT2D eigenvalue weighted by atomic mass is 16.5. The van der Waals surface area contributed by atoms with Gasteiger partial charge in [-0.25, -0.2) is 4.79 Å². The number of fused-ring (bicyclic) bond motifs is 1. The fraction of sp³-hybridized carbons (Fsp3) is 0.450. The Morgan fingerprint density at radius 3 is 2.74 bits per heavy atom. The van der Waals surface area contributed by atoms with Crippen LogP contribution in [0.1, 0.15) is 24.8 Å². The number of hydrogen-bond donors (Lipinski definition) is 2. The van der Waals surface area contributed by atoms with Gasteiger partial charge in [0.2, 0.25) is 11.8 Å². The summed E-state index contributed by atoms with van der Waals surface area (Å²) < 4.78 is 5.13. The summed E-state index contributed by atoms with van der Waals surface area (Å²) in [6, 6.07) is 6.60. The maximum absolute atomic E-state index is 12.9. The summed E-state index contributed by atoms with van der Waals surface area (Å²) in [6.45, 7) is 4.23. The lowest BCUT2D eigenvalue weighted by Gasteiger charge is -2.42. The first-order valence-corrected chi connectivity index (χ1v) is 9.17. The van der Waals surface area contributed by atoms with Crippen LogP contribution in [0.25, 0.3) is 0 Å². The number of nitrogens with zero attached hydrogens (tertiary/aromatic N) is 1. The highest BCUT2D eigenvalue weighted by Gasteiger charge is 2.45. The van der Waals surface area contributed by atoms with E-state index < -0.39 is 6.03 Å². The van der Waals surface area contributed by atoms with E-state index in [4.69, 9.17) is 4.74 Å². The Balaban J connectivity index is 1.64. The van der Waals surface area contributed by atoms with E-state index in [2.05, 4.69) is 17.2 Å². The fourth-order valence-electron chi connectivity index (χ4n) is 3.78. The van der Waals surface area contributed by atoms with Crippen LogP contribution < -0.4 is 15.4 Å². The Kier molecular flexibility index (Phi) is 5.78. The van der Waals surface area contributed by atoms with Crippen molar-refractivity contribution >= 4 is 17.8 Å². The minimum absolute atomic E-state index is 0.0456. The number of benzene rings is 1. The van der Waals surface area contributed by atoms with E-state index in [0.717, 1.165) is 11.3 Å². The van der Waals surface area contributed by atoms with Gasteiger partial charge in [0.25, 0.3) is 0 Å². The van der Waals surface area contributed by atoms with Crippen LogP contribution in [0.4, 0.5) is 4.79 Å². The van der Waals surface area contributed by atoms with Gasteiger partial charge in [0.15, 0.2) is 0 Å². The molecule has 1 saturated heterocycles. The number of imide groups is 1. The molecule has 144 valence electrons. The molecular formula is C20H25N3O4. The lowest BCUT2D eigenvalue weighted by atomic mass is 9.76. The number of carbonyl (C=O) groups excluding carboxylic acids is 3. The molecule has 1 aliphatic carbocycles. The minimum atomic E-state index is -0.399. The van der Waals surface area contributed by atoms with E-state index in [0.29, 0.717) is 25.8 Å². The molecule has 0 spiro atoms. The van der Waals surface area contributed by atoms with Crippen molar-refractivity contribution in [1.29, 1.82) is 0 Å². The van der Waals surface area contributed by atoms with E-state index in [1.165, 1.54) is 4.90 Å². The molecule has 0 radical (unpaired) electrons. The normalized spacial score (nSPS) is 24.6.